The van der Waals surface area contributed by atoms with Crippen molar-refractivity contribution in [1.29, 1.82) is 0 Å². The molecule has 0 aromatic carbocycles. The summed E-state index contributed by atoms with van der Waals surface area (Å²) in [4.78, 5) is 0. The zero-order valence-corrected chi connectivity index (χ0v) is 6.15. The molecule has 2 fully saturated rings. The molecule has 1 saturated heterocycles. The molecule has 1 nitrogen and oxygen atoms in total. The van der Waals surface area contributed by atoms with E-state index in [4.69, 9.17) is 0 Å². The summed E-state index contributed by atoms with van der Waals surface area (Å²) in [7, 11) is 0. The van der Waals surface area contributed by atoms with Gasteiger partial charge in [-0.2, -0.15) is 0 Å². The van der Waals surface area contributed by atoms with Crippen LogP contribution in [0.4, 0.5) is 4.39 Å². The molecule has 0 aromatic heterocycles. The molecule has 1 aliphatic heterocycles. The van der Waals surface area contributed by atoms with Gasteiger partial charge in [-0.1, -0.05) is 0 Å². The largest absolute Gasteiger partial charge is 0.314 e. The molecule has 10 heavy (non-hydrogen) atoms. The van der Waals surface area contributed by atoms with Crippen LogP contribution in [0.15, 0.2) is 0 Å². The number of rotatable bonds is 0. The Balaban J connectivity index is 1.96. The molecule has 0 radical (unpaired) electrons. The van der Waals surface area contributed by atoms with Gasteiger partial charge in [0.05, 0.1) is 0 Å². The Hall–Kier alpha value is -0.110. The summed E-state index contributed by atoms with van der Waals surface area (Å²) in [5.74, 6) is 0.656. The highest BCUT2D eigenvalue weighted by Crippen LogP contribution is 2.31. The normalized spacial score (nSPS) is 47.1. The zero-order chi connectivity index (χ0) is 6.97. The van der Waals surface area contributed by atoms with Crippen molar-refractivity contribution < 1.29 is 4.39 Å². The lowest BCUT2D eigenvalue weighted by atomic mass is 9.84. The first-order valence-corrected chi connectivity index (χ1v) is 4.24. The predicted octanol–water partition coefficient (Wildman–Crippen LogP) is 1.49. The van der Waals surface area contributed by atoms with Crippen LogP contribution in [-0.2, 0) is 0 Å². The van der Waals surface area contributed by atoms with E-state index in [0.29, 0.717) is 12.0 Å². The monoisotopic (exact) mass is 143 g/mol. The standard InChI is InChI=1S/C8H14FN/c9-7-1-2-8-6(5-7)3-4-10-8/h6-8,10H,1-5H2/t6-,7-,8+/m1/s1. The Morgan fingerprint density at radius 1 is 1.20 bits per heavy atom. The SMILES string of the molecule is F[C@@H]1CC[C@@H]2NCC[C@@H]2C1. The molecule has 2 rings (SSSR count). The fraction of sp³-hybridized carbons (Fsp3) is 1.00. The number of halogens is 1. The van der Waals surface area contributed by atoms with Crippen LogP contribution in [0.25, 0.3) is 0 Å². The summed E-state index contributed by atoms with van der Waals surface area (Å²) < 4.78 is 12.8. The third-order valence-corrected chi connectivity index (χ3v) is 2.84. The fourth-order valence-corrected chi connectivity index (χ4v) is 2.25. The molecule has 1 N–H and O–H groups in total. The first-order chi connectivity index (χ1) is 4.86. The molecule has 0 unspecified atom stereocenters. The van der Waals surface area contributed by atoms with E-state index in [1.54, 1.807) is 0 Å². The Morgan fingerprint density at radius 3 is 3.00 bits per heavy atom. The predicted molar refractivity (Wildman–Crippen MR) is 38.6 cm³/mol. The molecule has 1 heterocycles. The van der Waals surface area contributed by atoms with Crippen LogP contribution < -0.4 is 5.32 Å². The third-order valence-electron chi connectivity index (χ3n) is 2.84. The second-order valence-electron chi connectivity index (χ2n) is 3.52. The highest BCUT2D eigenvalue weighted by molar-refractivity contribution is 4.89. The quantitative estimate of drug-likeness (QED) is 0.541. The van der Waals surface area contributed by atoms with Crippen molar-refractivity contribution >= 4 is 0 Å². The second kappa shape index (κ2) is 2.50. The maximum atomic E-state index is 12.8. The van der Waals surface area contributed by atoms with E-state index in [0.717, 1.165) is 25.8 Å². The second-order valence-corrected chi connectivity index (χ2v) is 3.52. The maximum Gasteiger partial charge on any atom is 0.100 e. The molecule has 0 bridgehead atoms. The lowest BCUT2D eigenvalue weighted by Crippen LogP contribution is -2.33. The van der Waals surface area contributed by atoms with E-state index in [-0.39, 0.29) is 0 Å². The van der Waals surface area contributed by atoms with Crippen molar-refractivity contribution in [3.8, 4) is 0 Å². The number of alkyl halides is 1. The van der Waals surface area contributed by atoms with Crippen LogP contribution in [0.2, 0.25) is 0 Å². The van der Waals surface area contributed by atoms with Gasteiger partial charge in [0.25, 0.3) is 0 Å². The van der Waals surface area contributed by atoms with E-state index in [1.165, 1.54) is 6.42 Å². The van der Waals surface area contributed by atoms with Gasteiger partial charge >= 0.3 is 0 Å². The van der Waals surface area contributed by atoms with Crippen molar-refractivity contribution in [1.82, 2.24) is 5.32 Å². The maximum absolute atomic E-state index is 12.8. The highest BCUT2D eigenvalue weighted by Gasteiger charge is 2.33. The molecule has 58 valence electrons. The van der Waals surface area contributed by atoms with Gasteiger partial charge in [0.2, 0.25) is 0 Å². The average Bonchev–Trinajstić information content (AvgIpc) is 2.33. The van der Waals surface area contributed by atoms with Gasteiger partial charge in [0, 0.05) is 6.04 Å². The Morgan fingerprint density at radius 2 is 2.10 bits per heavy atom. The fourth-order valence-electron chi connectivity index (χ4n) is 2.25. The molecule has 2 aliphatic rings. The van der Waals surface area contributed by atoms with Crippen LogP contribution in [0, 0.1) is 5.92 Å². The van der Waals surface area contributed by atoms with Crippen molar-refractivity contribution in [2.24, 2.45) is 5.92 Å². The van der Waals surface area contributed by atoms with Crippen LogP contribution in [0.5, 0.6) is 0 Å². The minimum atomic E-state index is -0.499. The van der Waals surface area contributed by atoms with E-state index in [9.17, 15) is 4.39 Å². The average molecular weight is 143 g/mol. The van der Waals surface area contributed by atoms with Crippen molar-refractivity contribution in [3.05, 3.63) is 0 Å². The lowest BCUT2D eigenvalue weighted by molar-refractivity contribution is 0.186. The number of hydrogen-bond acceptors (Lipinski definition) is 1. The molecule has 3 atom stereocenters. The Labute approximate surface area is 61.0 Å². The Bertz CT molecular complexity index is 126. The molecule has 1 saturated carbocycles. The summed E-state index contributed by atoms with van der Waals surface area (Å²) in [6.07, 6.45) is 3.36. The molecule has 0 spiro atoms. The smallest absolute Gasteiger partial charge is 0.100 e. The molecule has 0 aromatic rings. The molecule has 2 heteroatoms. The number of nitrogens with one attached hydrogen (secondary N) is 1. The van der Waals surface area contributed by atoms with Crippen LogP contribution in [0.1, 0.15) is 25.7 Å². The van der Waals surface area contributed by atoms with Gasteiger partial charge in [-0.15, -0.1) is 0 Å². The minimum absolute atomic E-state index is 0.499. The third kappa shape index (κ3) is 1.05. The highest BCUT2D eigenvalue weighted by atomic mass is 19.1. The van der Waals surface area contributed by atoms with E-state index in [1.807, 2.05) is 0 Å². The molecule has 0 amide bonds. The van der Waals surface area contributed by atoms with Crippen LogP contribution in [0.3, 0.4) is 0 Å². The number of fused-ring (bicyclic) bond motifs is 1. The van der Waals surface area contributed by atoms with Crippen molar-refractivity contribution in [2.75, 3.05) is 6.54 Å². The summed E-state index contributed by atoms with van der Waals surface area (Å²) in [5.41, 5.74) is 0. The summed E-state index contributed by atoms with van der Waals surface area (Å²) in [6.45, 7) is 1.11. The van der Waals surface area contributed by atoms with Crippen LogP contribution in [-0.4, -0.2) is 18.8 Å². The van der Waals surface area contributed by atoms with Gasteiger partial charge in [-0.3, -0.25) is 0 Å². The van der Waals surface area contributed by atoms with Crippen molar-refractivity contribution in [2.45, 2.75) is 37.9 Å². The summed E-state index contributed by atoms with van der Waals surface area (Å²) in [6, 6.07) is 0.659. The first-order valence-electron chi connectivity index (χ1n) is 4.24. The van der Waals surface area contributed by atoms with E-state index in [2.05, 4.69) is 5.32 Å². The number of hydrogen-bond donors (Lipinski definition) is 1. The van der Waals surface area contributed by atoms with Gasteiger partial charge in [-0.05, 0) is 38.1 Å². The lowest BCUT2D eigenvalue weighted by Gasteiger charge is -2.27. The van der Waals surface area contributed by atoms with Gasteiger partial charge in [0.1, 0.15) is 6.17 Å². The van der Waals surface area contributed by atoms with E-state index >= 15 is 0 Å². The summed E-state index contributed by atoms with van der Waals surface area (Å²) >= 11 is 0. The first kappa shape index (κ1) is 6.59. The van der Waals surface area contributed by atoms with Gasteiger partial charge < -0.3 is 5.32 Å². The molecular formula is C8H14FN. The van der Waals surface area contributed by atoms with Gasteiger partial charge in [-0.25, -0.2) is 4.39 Å². The van der Waals surface area contributed by atoms with Gasteiger partial charge in [0.15, 0.2) is 0 Å². The summed E-state index contributed by atoms with van der Waals surface area (Å²) in [5, 5.41) is 3.41. The zero-order valence-electron chi connectivity index (χ0n) is 6.15. The Kier molecular flexibility index (Phi) is 1.65. The van der Waals surface area contributed by atoms with Crippen LogP contribution >= 0.6 is 0 Å². The topological polar surface area (TPSA) is 12.0 Å². The molecular weight excluding hydrogens is 129 g/mol. The van der Waals surface area contributed by atoms with E-state index < -0.39 is 6.17 Å². The van der Waals surface area contributed by atoms with Crippen molar-refractivity contribution in [3.63, 3.8) is 0 Å². The minimum Gasteiger partial charge on any atom is -0.314 e. The molecule has 1 aliphatic carbocycles.